The van der Waals surface area contributed by atoms with Crippen LogP contribution in [0.2, 0.25) is 5.15 Å². The molecule has 0 saturated heterocycles. The van der Waals surface area contributed by atoms with Gasteiger partial charge in [-0.1, -0.05) is 11.6 Å². The van der Waals surface area contributed by atoms with Gasteiger partial charge >= 0.3 is 5.97 Å². The fourth-order valence-electron chi connectivity index (χ4n) is 1.85. The Bertz CT molecular complexity index is 672. The molecule has 0 aliphatic heterocycles. The quantitative estimate of drug-likeness (QED) is 0.671. The second-order valence-electron chi connectivity index (χ2n) is 4.80. The van der Waals surface area contributed by atoms with Crippen molar-refractivity contribution in [2.45, 2.75) is 6.92 Å². The highest BCUT2D eigenvalue weighted by atomic mass is 35.5. The Labute approximate surface area is 132 Å². The van der Waals surface area contributed by atoms with Crippen LogP contribution in [0.1, 0.15) is 15.2 Å². The van der Waals surface area contributed by atoms with Gasteiger partial charge in [0, 0.05) is 13.1 Å². The highest BCUT2D eigenvalue weighted by Gasteiger charge is 2.20. The van der Waals surface area contributed by atoms with Crippen LogP contribution in [0.15, 0.2) is 0 Å². The minimum absolute atomic E-state index is 0.344. The molecule has 2 heterocycles. The largest absolute Gasteiger partial charge is 0.465 e. The first-order chi connectivity index (χ1) is 9.93. The summed E-state index contributed by atoms with van der Waals surface area (Å²) in [7, 11) is 5.33. The van der Waals surface area contributed by atoms with Gasteiger partial charge in [-0.25, -0.2) is 14.8 Å². The number of esters is 1. The molecule has 0 amide bonds. The number of anilines is 1. The summed E-state index contributed by atoms with van der Waals surface area (Å²) in [6.45, 7) is 3.39. The molecule has 0 bridgehead atoms. The number of methoxy groups -OCH3 is 1. The number of aromatic nitrogens is 2. The maximum atomic E-state index is 11.7. The molecule has 0 fully saturated rings. The Morgan fingerprint density at radius 3 is 2.76 bits per heavy atom. The molecule has 0 aliphatic rings. The minimum Gasteiger partial charge on any atom is -0.465 e. The lowest BCUT2D eigenvalue weighted by Crippen LogP contribution is -2.21. The number of nitrogens with one attached hydrogen (secondary N) is 1. The molecule has 2 aromatic heterocycles. The number of rotatable bonds is 5. The van der Waals surface area contributed by atoms with Crippen LogP contribution in [0.25, 0.3) is 10.2 Å². The summed E-state index contributed by atoms with van der Waals surface area (Å²) in [4.78, 5) is 23.6. The Balaban J connectivity index is 2.35. The zero-order chi connectivity index (χ0) is 15.6. The van der Waals surface area contributed by atoms with E-state index in [1.807, 2.05) is 21.0 Å². The molecule has 2 rings (SSSR count). The Kier molecular flexibility index (Phi) is 4.97. The third-order valence-corrected chi connectivity index (χ3v) is 4.40. The average Bonchev–Trinajstić information content (AvgIpc) is 2.75. The van der Waals surface area contributed by atoms with E-state index in [0.717, 1.165) is 12.1 Å². The number of nitrogens with zero attached hydrogens (tertiary/aromatic N) is 3. The van der Waals surface area contributed by atoms with Crippen LogP contribution in [0.3, 0.4) is 0 Å². The van der Waals surface area contributed by atoms with Gasteiger partial charge < -0.3 is 15.0 Å². The minimum atomic E-state index is -0.381. The normalized spacial score (nSPS) is 11.1. The van der Waals surface area contributed by atoms with Crippen molar-refractivity contribution in [1.29, 1.82) is 0 Å². The summed E-state index contributed by atoms with van der Waals surface area (Å²) in [6, 6.07) is 0. The summed E-state index contributed by atoms with van der Waals surface area (Å²) in [5.74, 6) is 0.0840. The van der Waals surface area contributed by atoms with Crippen LogP contribution in [-0.2, 0) is 4.74 Å². The van der Waals surface area contributed by atoms with Crippen molar-refractivity contribution in [3.8, 4) is 0 Å². The summed E-state index contributed by atoms with van der Waals surface area (Å²) < 4.78 is 4.77. The molecule has 21 heavy (non-hydrogen) atoms. The lowest BCUT2D eigenvalue weighted by atomic mass is 10.2. The number of likely N-dealkylation sites (N-methyl/N-ethyl adjacent to an activating group) is 1. The second-order valence-corrected chi connectivity index (χ2v) is 6.15. The van der Waals surface area contributed by atoms with Crippen LogP contribution in [0.4, 0.5) is 5.95 Å². The van der Waals surface area contributed by atoms with Crippen LogP contribution >= 0.6 is 22.9 Å². The van der Waals surface area contributed by atoms with Gasteiger partial charge in [0.2, 0.25) is 5.95 Å². The molecular formula is C13H17ClN4O2S. The maximum absolute atomic E-state index is 11.7. The first-order valence-corrected chi connectivity index (χ1v) is 7.57. The van der Waals surface area contributed by atoms with Crippen molar-refractivity contribution in [1.82, 2.24) is 14.9 Å². The fraction of sp³-hybridized carbons (Fsp3) is 0.462. The van der Waals surface area contributed by atoms with Crippen molar-refractivity contribution in [2.75, 3.05) is 39.6 Å². The third-order valence-electron chi connectivity index (χ3n) is 2.96. The smallest absolute Gasteiger partial charge is 0.348 e. The Morgan fingerprint density at radius 1 is 1.43 bits per heavy atom. The molecule has 0 radical (unpaired) electrons. The van der Waals surface area contributed by atoms with Crippen molar-refractivity contribution in [3.05, 3.63) is 15.6 Å². The number of carbonyl (C=O) groups is 1. The van der Waals surface area contributed by atoms with Gasteiger partial charge in [-0.05, 0) is 26.6 Å². The molecule has 6 nitrogen and oxygen atoms in total. The SMILES string of the molecule is COC(=O)c1sc2nc(NCCN(C)C)nc(Cl)c2c1C. The molecule has 0 saturated carbocycles. The van der Waals surface area contributed by atoms with Crippen molar-refractivity contribution in [2.24, 2.45) is 0 Å². The molecule has 0 aromatic carbocycles. The monoisotopic (exact) mass is 328 g/mol. The highest BCUT2D eigenvalue weighted by Crippen LogP contribution is 2.34. The van der Waals surface area contributed by atoms with E-state index in [9.17, 15) is 4.79 Å². The summed E-state index contributed by atoms with van der Waals surface area (Å²) in [6.07, 6.45) is 0. The molecular weight excluding hydrogens is 312 g/mol. The van der Waals surface area contributed by atoms with Crippen molar-refractivity contribution in [3.63, 3.8) is 0 Å². The number of halogens is 1. The molecule has 2 aromatic rings. The van der Waals surface area contributed by atoms with Gasteiger partial charge in [0.15, 0.2) is 0 Å². The van der Waals surface area contributed by atoms with Gasteiger partial charge in [-0.2, -0.15) is 0 Å². The molecule has 1 N–H and O–H groups in total. The molecule has 0 unspecified atom stereocenters. The van der Waals surface area contributed by atoms with E-state index in [2.05, 4.69) is 20.2 Å². The summed E-state index contributed by atoms with van der Waals surface area (Å²) in [5.41, 5.74) is 0.756. The second kappa shape index (κ2) is 6.55. The predicted molar refractivity (Wildman–Crippen MR) is 85.5 cm³/mol. The van der Waals surface area contributed by atoms with Gasteiger partial charge in [-0.15, -0.1) is 11.3 Å². The molecule has 0 spiro atoms. The predicted octanol–water partition coefficient (Wildman–Crippen LogP) is 2.41. The number of fused-ring (bicyclic) bond motifs is 1. The average molecular weight is 329 g/mol. The van der Waals surface area contributed by atoms with E-state index in [0.29, 0.717) is 32.7 Å². The van der Waals surface area contributed by atoms with Crippen LogP contribution in [0, 0.1) is 6.92 Å². The number of hydrogen-bond donors (Lipinski definition) is 1. The highest BCUT2D eigenvalue weighted by molar-refractivity contribution is 7.20. The number of hydrogen-bond acceptors (Lipinski definition) is 7. The molecule has 0 atom stereocenters. The van der Waals surface area contributed by atoms with Crippen molar-refractivity contribution < 1.29 is 9.53 Å². The van der Waals surface area contributed by atoms with Crippen LogP contribution < -0.4 is 5.32 Å². The number of carbonyl (C=O) groups excluding carboxylic acids is 1. The van der Waals surface area contributed by atoms with E-state index in [4.69, 9.17) is 16.3 Å². The fourth-order valence-corrected chi connectivity index (χ4v) is 3.31. The Morgan fingerprint density at radius 2 is 2.14 bits per heavy atom. The maximum Gasteiger partial charge on any atom is 0.348 e. The molecule has 0 aliphatic carbocycles. The van der Waals surface area contributed by atoms with Gasteiger partial charge in [-0.3, -0.25) is 0 Å². The van der Waals surface area contributed by atoms with Gasteiger partial charge in [0.05, 0.1) is 12.5 Å². The first kappa shape index (κ1) is 15.9. The van der Waals surface area contributed by atoms with Crippen molar-refractivity contribution >= 4 is 45.1 Å². The molecule has 114 valence electrons. The van der Waals surface area contributed by atoms with Crippen LogP contribution in [0.5, 0.6) is 0 Å². The number of ether oxygens (including phenoxy) is 1. The lowest BCUT2D eigenvalue weighted by Gasteiger charge is -2.10. The summed E-state index contributed by atoms with van der Waals surface area (Å²) >= 11 is 7.49. The zero-order valence-corrected chi connectivity index (χ0v) is 13.9. The Hall–Kier alpha value is -1.44. The molecule has 8 heteroatoms. The van der Waals surface area contributed by atoms with Gasteiger partial charge in [0.25, 0.3) is 0 Å². The van der Waals surface area contributed by atoms with E-state index >= 15 is 0 Å². The third kappa shape index (κ3) is 3.42. The van der Waals surface area contributed by atoms with Crippen LogP contribution in [-0.4, -0.2) is 55.1 Å². The van der Waals surface area contributed by atoms with E-state index < -0.39 is 0 Å². The van der Waals surface area contributed by atoms with E-state index in [1.165, 1.54) is 18.4 Å². The lowest BCUT2D eigenvalue weighted by molar-refractivity contribution is 0.0605. The first-order valence-electron chi connectivity index (χ1n) is 6.37. The number of thiophene rings is 1. The standard InChI is InChI=1S/C13H17ClN4O2S/c1-7-8-10(14)16-13(15-5-6-18(2)3)17-11(8)21-9(7)12(19)20-4/h5-6H2,1-4H3,(H,15,16,17). The number of aryl methyl sites for hydroxylation is 1. The topological polar surface area (TPSA) is 67.3 Å². The van der Waals surface area contributed by atoms with E-state index in [1.54, 1.807) is 0 Å². The zero-order valence-electron chi connectivity index (χ0n) is 12.4. The summed E-state index contributed by atoms with van der Waals surface area (Å²) in [5, 5.41) is 4.18. The van der Waals surface area contributed by atoms with Gasteiger partial charge in [0.1, 0.15) is 14.9 Å². The van der Waals surface area contributed by atoms with E-state index in [-0.39, 0.29) is 5.97 Å².